The minimum absolute atomic E-state index is 0.102. The zero-order chi connectivity index (χ0) is 8.32. The highest BCUT2D eigenvalue weighted by atomic mass is 16.7. The molecule has 0 aromatic carbocycles. The van der Waals surface area contributed by atoms with Crippen LogP contribution in [-0.4, -0.2) is 25.5 Å². The number of ether oxygens (including phenoxy) is 1. The van der Waals surface area contributed by atoms with Gasteiger partial charge in [-0.1, -0.05) is 25.9 Å². The highest BCUT2D eigenvalue weighted by Gasteiger charge is 2.22. The molecule has 0 radical (unpaired) electrons. The molecule has 0 N–H and O–H groups in total. The highest BCUT2D eigenvalue weighted by molar-refractivity contribution is 5.63. The van der Waals surface area contributed by atoms with Crippen LogP contribution in [0.2, 0.25) is 0 Å². The molecule has 0 aromatic heterocycles. The quantitative estimate of drug-likeness (QED) is 0.353. The summed E-state index contributed by atoms with van der Waals surface area (Å²) < 4.78 is 4.94. The van der Waals surface area contributed by atoms with E-state index in [1.807, 2.05) is 0 Å². The van der Waals surface area contributed by atoms with Crippen LogP contribution in [0.5, 0.6) is 0 Å². The van der Waals surface area contributed by atoms with Crippen molar-refractivity contribution in [3.8, 4) is 0 Å². The predicted octanol–water partition coefficient (Wildman–Crippen LogP) is 1.43. The molecular formula is C8H15NO2. The van der Waals surface area contributed by atoms with E-state index in [0.717, 1.165) is 6.61 Å². The lowest BCUT2D eigenvalue weighted by Crippen LogP contribution is -2.07. The van der Waals surface area contributed by atoms with Crippen molar-refractivity contribution in [1.82, 2.24) is 0 Å². The van der Waals surface area contributed by atoms with E-state index in [2.05, 4.69) is 25.9 Å². The van der Waals surface area contributed by atoms with Gasteiger partial charge in [-0.2, -0.15) is 0 Å². The van der Waals surface area contributed by atoms with Crippen molar-refractivity contribution in [3.63, 3.8) is 0 Å². The number of rotatable bonds is 3. The molecule has 0 aromatic rings. The van der Waals surface area contributed by atoms with E-state index < -0.39 is 0 Å². The maximum Gasteiger partial charge on any atom is 0.145 e. The molecule has 11 heavy (non-hydrogen) atoms. The second kappa shape index (κ2) is 3.22. The van der Waals surface area contributed by atoms with Gasteiger partial charge in [0.25, 0.3) is 0 Å². The van der Waals surface area contributed by atoms with Crippen LogP contribution in [0, 0.1) is 5.41 Å². The van der Waals surface area contributed by atoms with E-state index in [-0.39, 0.29) is 5.41 Å². The van der Waals surface area contributed by atoms with Crippen LogP contribution in [-0.2, 0) is 9.57 Å². The summed E-state index contributed by atoms with van der Waals surface area (Å²) >= 11 is 0. The van der Waals surface area contributed by atoms with E-state index in [1.165, 1.54) is 0 Å². The SMILES string of the molecule is CC(C)(C)/C=N/OCC1CO1. The van der Waals surface area contributed by atoms with Crippen LogP contribution in [0.25, 0.3) is 0 Å². The van der Waals surface area contributed by atoms with E-state index in [1.54, 1.807) is 6.21 Å². The third kappa shape index (κ3) is 4.79. The zero-order valence-corrected chi connectivity index (χ0v) is 7.33. The van der Waals surface area contributed by atoms with E-state index in [9.17, 15) is 0 Å². The summed E-state index contributed by atoms with van der Waals surface area (Å²) in [6, 6.07) is 0. The Morgan fingerprint density at radius 1 is 1.64 bits per heavy atom. The molecular weight excluding hydrogens is 142 g/mol. The summed E-state index contributed by atoms with van der Waals surface area (Å²) in [4.78, 5) is 4.98. The van der Waals surface area contributed by atoms with Crippen LogP contribution in [0.1, 0.15) is 20.8 Å². The standard InChI is InChI=1S/C8H15NO2/c1-8(2,3)6-9-11-5-7-4-10-7/h6-7H,4-5H2,1-3H3/b9-6+. The Kier molecular flexibility index (Phi) is 2.49. The number of epoxide rings is 1. The van der Waals surface area contributed by atoms with E-state index in [0.29, 0.717) is 12.7 Å². The molecule has 64 valence electrons. The molecule has 1 aliphatic heterocycles. The van der Waals surface area contributed by atoms with Crippen molar-refractivity contribution >= 4 is 6.21 Å². The van der Waals surface area contributed by atoms with Crippen LogP contribution in [0.3, 0.4) is 0 Å². The molecule has 1 saturated heterocycles. The lowest BCUT2D eigenvalue weighted by atomic mass is 10.00. The highest BCUT2D eigenvalue weighted by Crippen LogP contribution is 2.10. The first-order chi connectivity index (χ1) is 5.08. The Balaban J connectivity index is 2.04. The largest absolute Gasteiger partial charge is 0.393 e. The van der Waals surface area contributed by atoms with Gasteiger partial charge in [-0.25, -0.2) is 0 Å². The molecule has 0 amide bonds. The van der Waals surface area contributed by atoms with Gasteiger partial charge < -0.3 is 9.57 Å². The molecule has 1 rings (SSSR count). The minimum Gasteiger partial charge on any atom is -0.393 e. The van der Waals surface area contributed by atoms with Crippen LogP contribution in [0.15, 0.2) is 5.16 Å². The van der Waals surface area contributed by atoms with Gasteiger partial charge >= 0.3 is 0 Å². The fraction of sp³-hybridized carbons (Fsp3) is 0.875. The fourth-order valence-corrected chi connectivity index (χ4v) is 0.486. The summed E-state index contributed by atoms with van der Waals surface area (Å²) in [5.74, 6) is 0. The van der Waals surface area contributed by atoms with Gasteiger partial charge in [0, 0.05) is 11.6 Å². The van der Waals surface area contributed by atoms with Crippen molar-refractivity contribution in [3.05, 3.63) is 0 Å². The van der Waals surface area contributed by atoms with Crippen molar-refractivity contribution in [1.29, 1.82) is 0 Å². The summed E-state index contributed by atoms with van der Waals surface area (Å²) in [7, 11) is 0. The topological polar surface area (TPSA) is 34.1 Å². The first kappa shape index (κ1) is 8.53. The summed E-state index contributed by atoms with van der Waals surface area (Å²) in [6.45, 7) is 7.64. The molecule has 1 heterocycles. The van der Waals surface area contributed by atoms with Gasteiger partial charge in [0.05, 0.1) is 6.61 Å². The smallest absolute Gasteiger partial charge is 0.145 e. The Labute approximate surface area is 67.4 Å². The van der Waals surface area contributed by atoms with E-state index >= 15 is 0 Å². The predicted molar refractivity (Wildman–Crippen MR) is 43.6 cm³/mol. The Morgan fingerprint density at radius 2 is 2.27 bits per heavy atom. The number of hydrogen-bond acceptors (Lipinski definition) is 3. The van der Waals surface area contributed by atoms with Gasteiger partial charge in [-0.15, -0.1) is 0 Å². The maximum absolute atomic E-state index is 4.98. The van der Waals surface area contributed by atoms with Gasteiger partial charge in [0.1, 0.15) is 12.7 Å². The monoisotopic (exact) mass is 157 g/mol. The first-order valence-corrected chi connectivity index (χ1v) is 3.86. The van der Waals surface area contributed by atoms with Gasteiger partial charge in [-0.05, 0) is 0 Å². The molecule has 1 aliphatic rings. The average Bonchev–Trinajstić information content (AvgIpc) is 2.60. The Bertz CT molecular complexity index is 145. The van der Waals surface area contributed by atoms with Gasteiger partial charge in [0.15, 0.2) is 0 Å². The van der Waals surface area contributed by atoms with Crippen LogP contribution in [0.4, 0.5) is 0 Å². The number of hydrogen-bond donors (Lipinski definition) is 0. The number of oxime groups is 1. The van der Waals surface area contributed by atoms with E-state index in [4.69, 9.17) is 9.57 Å². The lowest BCUT2D eigenvalue weighted by molar-refractivity contribution is 0.124. The van der Waals surface area contributed by atoms with Crippen molar-refractivity contribution in [2.45, 2.75) is 26.9 Å². The van der Waals surface area contributed by atoms with Crippen molar-refractivity contribution in [2.75, 3.05) is 13.2 Å². The lowest BCUT2D eigenvalue weighted by Gasteiger charge is -2.08. The molecule has 0 spiro atoms. The van der Waals surface area contributed by atoms with Crippen LogP contribution < -0.4 is 0 Å². The minimum atomic E-state index is 0.102. The summed E-state index contributed by atoms with van der Waals surface area (Å²) in [5, 5.41) is 3.82. The third-order valence-electron chi connectivity index (χ3n) is 1.18. The second-order valence-corrected chi connectivity index (χ2v) is 3.85. The molecule has 0 saturated carbocycles. The zero-order valence-electron chi connectivity index (χ0n) is 7.33. The fourth-order valence-electron chi connectivity index (χ4n) is 0.486. The second-order valence-electron chi connectivity index (χ2n) is 3.85. The molecule has 0 aliphatic carbocycles. The molecule has 1 atom stereocenters. The summed E-state index contributed by atoms with van der Waals surface area (Å²) in [6.07, 6.45) is 2.10. The molecule has 1 fully saturated rings. The Morgan fingerprint density at radius 3 is 2.73 bits per heavy atom. The van der Waals surface area contributed by atoms with Crippen molar-refractivity contribution in [2.24, 2.45) is 10.6 Å². The third-order valence-corrected chi connectivity index (χ3v) is 1.18. The molecule has 0 bridgehead atoms. The summed E-state index contributed by atoms with van der Waals surface area (Å²) in [5.41, 5.74) is 0.102. The normalized spacial score (nSPS) is 24.1. The molecule has 3 heteroatoms. The maximum atomic E-state index is 4.98. The van der Waals surface area contributed by atoms with Crippen molar-refractivity contribution < 1.29 is 9.57 Å². The van der Waals surface area contributed by atoms with Gasteiger partial charge in [-0.3, -0.25) is 0 Å². The molecule has 1 unspecified atom stereocenters. The first-order valence-electron chi connectivity index (χ1n) is 3.86. The average molecular weight is 157 g/mol. The molecule has 3 nitrogen and oxygen atoms in total. The number of nitrogens with zero attached hydrogens (tertiary/aromatic N) is 1. The Hall–Kier alpha value is -0.570. The van der Waals surface area contributed by atoms with Gasteiger partial charge in [0.2, 0.25) is 0 Å². The van der Waals surface area contributed by atoms with Crippen LogP contribution >= 0.6 is 0 Å².